The molecule has 0 spiro atoms. The zero-order valence-corrected chi connectivity index (χ0v) is 9.57. The molecule has 1 aromatic rings. The lowest BCUT2D eigenvalue weighted by Gasteiger charge is -1.91. The largest absolute Gasteiger partial charge is 1.00 e. The van der Waals surface area contributed by atoms with E-state index < -0.39 is 0 Å². The molecule has 2 N–H and O–H groups in total. The molecule has 0 amide bonds. The van der Waals surface area contributed by atoms with Crippen molar-refractivity contribution in [2.24, 2.45) is 5.73 Å². The van der Waals surface area contributed by atoms with Crippen LogP contribution in [0.2, 0.25) is 0 Å². The zero-order chi connectivity index (χ0) is 7.40. The molecule has 70 valence electrons. The van der Waals surface area contributed by atoms with Crippen LogP contribution in [-0.4, -0.2) is 6.54 Å². The van der Waals surface area contributed by atoms with E-state index in [0.29, 0.717) is 6.54 Å². The summed E-state index contributed by atoms with van der Waals surface area (Å²) in [5, 5.41) is 0. The lowest BCUT2D eigenvalue weighted by Crippen LogP contribution is -3.00. The van der Waals surface area contributed by atoms with Gasteiger partial charge in [-0.2, -0.15) is 0 Å². The smallest absolute Gasteiger partial charge is 0.183 e. The highest BCUT2D eigenvalue weighted by Crippen LogP contribution is 2.02. The third kappa shape index (κ3) is 4.93. The first kappa shape index (κ1) is 14.7. The molecule has 0 saturated carbocycles. The second kappa shape index (κ2) is 7.80. The van der Waals surface area contributed by atoms with E-state index in [4.69, 9.17) is 5.73 Å². The Kier molecular flexibility index (Phi) is 9.54. The third-order valence-electron chi connectivity index (χ3n) is 1.21. The van der Waals surface area contributed by atoms with E-state index in [9.17, 15) is 0 Å². The summed E-state index contributed by atoms with van der Waals surface area (Å²) in [4.78, 5) is 0. The van der Waals surface area contributed by atoms with Crippen LogP contribution < -0.4 is 22.7 Å². The SMILES string of the molecule is Cl.NCC[n+]1cccc(Br)c1.[Cl-]. The zero-order valence-electron chi connectivity index (χ0n) is 6.41. The highest BCUT2D eigenvalue weighted by Gasteiger charge is 1.96. The quantitative estimate of drug-likeness (QED) is 0.629. The summed E-state index contributed by atoms with van der Waals surface area (Å²) in [5.74, 6) is 0. The predicted molar refractivity (Wildman–Crippen MR) is 50.6 cm³/mol. The molecule has 0 bridgehead atoms. The van der Waals surface area contributed by atoms with Crippen LogP contribution >= 0.6 is 28.3 Å². The summed E-state index contributed by atoms with van der Waals surface area (Å²) >= 11 is 3.37. The van der Waals surface area contributed by atoms with Gasteiger partial charge in [0.1, 0.15) is 0 Å². The van der Waals surface area contributed by atoms with Crippen LogP contribution in [0.15, 0.2) is 29.0 Å². The Balaban J connectivity index is 0. The van der Waals surface area contributed by atoms with Crippen molar-refractivity contribution in [1.82, 2.24) is 0 Å². The fraction of sp³-hybridized carbons (Fsp3) is 0.286. The van der Waals surface area contributed by atoms with Gasteiger partial charge in [-0.1, -0.05) is 0 Å². The number of nitrogens with two attached hydrogens (primary N) is 1. The maximum absolute atomic E-state index is 5.37. The third-order valence-corrected chi connectivity index (χ3v) is 1.68. The van der Waals surface area contributed by atoms with Gasteiger partial charge in [0.05, 0.1) is 11.0 Å². The molecule has 2 nitrogen and oxygen atoms in total. The van der Waals surface area contributed by atoms with Gasteiger partial charge in [0.25, 0.3) is 0 Å². The van der Waals surface area contributed by atoms with Gasteiger partial charge in [0.15, 0.2) is 18.9 Å². The average Bonchev–Trinajstić information content (AvgIpc) is 1.88. The molecule has 0 unspecified atom stereocenters. The van der Waals surface area contributed by atoms with Crippen molar-refractivity contribution in [3.05, 3.63) is 29.0 Å². The molecule has 0 aromatic carbocycles. The Morgan fingerprint density at radius 3 is 2.67 bits per heavy atom. The molecule has 0 aliphatic rings. The van der Waals surface area contributed by atoms with Crippen molar-refractivity contribution in [2.75, 3.05) is 6.54 Å². The topological polar surface area (TPSA) is 29.9 Å². The maximum Gasteiger partial charge on any atom is 0.183 e. The van der Waals surface area contributed by atoms with E-state index in [1.807, 2.05) is 29.1 Å². The van der Waals surface area contributed by atoms with E-state index in [-0.39, 0.29) is 24.8 Å². The van der Waals surface area contributed by atoms with Crippen LogP contribution in [0.1, 0.15) is 0 Å². The summed E-state index contributed by atoms with van der Waals surface area (Å²) in [6.45, 7) is 1.56. The summed E-state index contributed by atoms with van der Waals surface area (Å²) in [6.07, 6.45) is 4.00. The first-order chi connectivity index (χ1) is 4.83. The number of pyridine rings is 1. The molecule has 1 rings (SSSR count). The Morgan fingerprint density at radius 2 is 2.17 bits per heavy atom. The van der Waals surface area contributed by atoms with E-state index in [1.165, 1.54) is 0 Å². The van der Waals surface area contributed by atoms with Crippen LogP contribution in [0.4, 0.5) is 0 Å². The highest BCUT2D eigenvalue weighted by atomic mass is 79.9. The molecule has 12 heavy (non-hydrogen) atoms. The molecule has 0 fully saturated rings. The Bertz CT molecular complexity index is 220. The molecule has 0 atom stereocenters. The van der Waals surface area contributed by atoms with Gasteiger partial charge < -0.3 is 18.1 Å². The first-order valence-corrected chi connectivity index (χ1v) is 3.97. The van der Waals surface area contributed by atoms with Gasteiger partial charge in [-0.3, -0.25) is 0 Å². The highest BCUT2D eigenvalue weighted by molar-refractivity contribution is 9.10. The fourth-order valence-corrected chi connectivity index (χ4v) is 1.19. The van der Waals surface area contributed by atoms with E-state index >= 15 is 0 Å². The summed E-state index contributed by atoms with van der Waals surface area (Å²) in [7, 11) is 0. The second-order valence-corrected chi connectivity index (χ2v) is 2.96. The van der Waals surface area contributed by atoms with Gasteiger partial charge in [0, 0.05) is 6.07 Å². The van der Waals surface area contributed by atoms with Gasteiger partial charge in [-0.15, -0.1) is 12.4 Å². The Labute approximate surface area is 93.1 Å². The number of hydrogen-bond donors (Lipinski definition) is 1. The molecule has 0 aliphatic heterocycles. The van der Waals surface area contributed by atoms with Crippen molar-refractivity contribution >= 4 is 28.3 Å². The van der Waals surface area contributed by atoms with E-state index in [2.05, 4.69) is 15.9 Å². The molecule has 0 radical (unpaired) electrons. The molecule has 5 heteroatoms. The number of halogens is 3. The average molecular weight is 274 g/mol. The van der Waals surface area contributed by atoms with Gasteiger partial charge in [0.2, 0.25) is 0 Å². The lowest BCUT2D eigenvalue weighted by molar-refractivity contribution is -0.695. The number of aromatic nitrogens is 1. The van der Waals surface area contributed by atoms with Crippen LogP contribution in [0.25, 0.3) is 0 Å². The van der Waals surface area contributed by atoms with Crippen LogP contribution in [-0.2, 0) is 6.54 Å². The predicted octanol–water partition coefficient (Wildman–Crippen LogP) is -1.88. The molecular formula is C7H11BrCl2N2. The fourth-order valence-electron chi connectivity index (χ4n) is 0.778. The molecule has 0 aliphatic carbocycles. The van der Waals surface area contributed by atoms with Crippen LogP contribution in [0.5, 0.6) is 0 Å². The summed E-state index contributed by atoms with van der Waals surface area (Å²) in [6, 6.07) is 3.98. The monoisotopic (exact) mass is 272 g/mol. The van der Waals surface area contributed by atoms with Crippen LogP contribution in [0, 0.1) is 0 Å². The van der Waals surface area contributed by atoms with Gasteiger partial charge in [-0.25, -0.2) is 4.57 Å². The number of rotatable bonds is 2. The molecule has 0 saturated heterocycles. The minimum atomic E-state index is 0. The van der Waals surface area contributed by atoms with Gasteiger partial charge >= 0.3 is 0 Å². The van der Waals surface area contributed by atoms with Crippen molar-refractivity contribution in [3.8, 4) is 0 Å². The van der Waals surface area contributed by atoms with Crippen molar-refractivity contribution in [3.63, 3.8) is 0 Å². The Morgan fingerprint density at radius 1 is 1.50 bits per heavy atom. The number of nitrogens with zero attached hydrogens (tertiary/aromatic N) is 1. The van der Waals surface area contributed by atoms with Gasteiger partial charge in [-0.05, 0) is 22.0 Å². The number of hydrogen-bond acceptors (Lipinski definition) is 1. The minimum Gasteiger partial charge on any atom is -1.00 e. The normalized spacial score (nSPS) is 8.17. The summed E-state index contributed by atoms with van der Waals surface area (Å²) in [5.41, 5.74) is 5.37. The second-order valence-electron chi connectivity index (χ2n) is 2.05. The van der Waals surface area contributed by atoms with E-state index in [0.717, 1.165) is 11.0 Å². The van der Waals surface area contributed by atoms with Crippen molar-refractivity contribution in [2.45, 2.75) is 6.54 Å². The standard InChI is InChI=1S/C7H10BrN2.2ClH/c8-7-2-1-4-10(6-7)5-3-9;;/h1-2,4,6H,3,5,9H2;2*1H/q+1;;/p-1. The molecule has 1 aromatic heterocycles. The van der Waals surface area contributed by atoms with Crippen molar-refractivity contribution < 1.29 is 17.0 Å². The maximum atomic E-state index is 5.37. The van der Waals surface area contributed by atoms with Crippen molar-refractivity contribution in [1.29, 1.82) is 0 Å². The molecular weight excluding hydrogens is 263 g/mol. The summed E-state index contributed by atoms with van der Waals surface area (Å²) < 4.78 is 3.13. The minimum absolute atomic E-state index is 0. The first-order valence-electron chi connectivity index (χ1n) is 3.17. The Hall–Kier alpha value is 0.170. The van der Waals surface area contributed by atoms with E-state index in [1.54, 1.807) is 0 Å². The molecule has 1 heterocycles. The lowest BCUT2D eigenvalue weighted by atomic mass is 10.5. The van der Waals surface area contributed by atoms with Crippen LogP contribution in [0.3, 0.4) is 0 Å².